The maximum atomic E-state index is 6.88. The van der Waals surface area contributed by atoms with Crippen LogP contribution in [0.2, 0.25) is 0 Å². The fourth-order valence-electron chi connectivity index (χ4n) is 7.06. The van der Waals surface area contributed by atoms with E-state index in [1.165, 1.54) is 54.6 Å². The molecule has 2 heteroatoms. The second-order valence-corrected chi connectivity index (χ2v) is 13.0. The smallest absolute Gasteiger partial charge is 0.143 e. The first-order chi connectivity index (χ1) is 20.4. The van der Waals surface area contributed by atoms with Gasteiger partial charge in [-0.15, -0.1) is 0 Å². The molecule has 1 heterocycles. The summed E-state index contributed by atoms with van der Waals surface area (Å²) in [5.74, 6) is 0.805. The normalized spacial score (nSPS) is 12.4. The van der Waals surface area contributed by atoms with E-state index in [1.807, 2.05) is 0 Å². The van der Waals surface area contributed by atoms with E-state index in [1.54, 1.807) is 0 Å². The Kier molecular flexibility index (Phi) is 5.75. The van der Waals surface area contributed by atoms with Crippen molar-refractivity contribution in [1.82, 2.24) is 0 Å². The van der Waals surface area contributed by atoms with Crippen molar-refractivity contribution >= 4 is 70.2 Å². The monoisotopic (exact) mass is 606 g/mol. The highest BCUT2D eigenvalue weighted by Gasteiger charge is 2.22. The minimum atomic E-state index is 0.376. The zero-order valence-corrected chi connectivity index (χ0v) is 25.8. The summed E-state index contributed by atoms with van der Waals surface area (Å²) < 4.78 is 8.04. The molecule has 0 radical (unpaired) electrons. The van der Waals surface area contributed by atoms with Crippen LogP contribution in [0.15, 0.2) is 112 Å². The lowest BCUT2D eigenvalue weighted by Gasteiger charge is -2.22. The van der Waals surface area contributed by atoms with Crippen LogP contribution in [0, 0.1) is 0 Å². The molecule has 0 saturated heterocycles. The SMILES string of the molecule is CC(C)c1cc(Br)c2ccc3c(C(C)C)cc(-c4cccc5c4oc4c(-c6ccccc6)cccc45)c4ccc1c2c43. The van der Waals surface area contributed by atoms with Gasteiger partial charge in [0.2, 0.25) is 0 Å². The topological polar surface area (TPSA) is 13.1 Å². The Bertz CT molecular complexity index is 2300. The largest absolute Gasteiger partial charge is 0.455 e. The number of para-hydroxylation sites is 2. The highest BCUT2D eigenvalue weighted by molar-refractivity contribution is 9.10. The molecule has 0 bridgehead atoms. The van der Waals surface area contributed by atoms with E-state index < -0.39 is 0 Å². The first kappa shape index (κ1) is 25.6. The van der Waals surface area contributed by atoms with Gasteiger partial charge in [0.25, 0.3) is 0 Å². The van der Waals surface area contributed by atoms with Gasteiger partial charge in [-0.2, -0.15) is 0 Å². The molecule has 8 aromatic rings. The summed E-state index contributed by atoms with van der Waals surface area (Å²) in [5, 5.41) is 10.3. The van der Waals surface area contributed by atoms with E-state index in [0.29, 0.717) is 11.8 Å². The zero-order valence-electron chi connectivity index (χ0n) is 24.3. The van der Waals surface area contributed by atoms with Crippen LogP contribution in [-0.4, -0.2) is 0 Å². The number of rotatable bonds is 4. The van der Waals surface area contributed by atoms with Crippen molar-refractivity contribution in [1.29, 1.82) is 0 Å². The van der Waals surface area contributed by atoms with Crippen LogP contribution in [0.5, 0.6) is 0 Å². The Labute approximate surface area is 254 Å². The van der Waals surface area contributed by atoms with Crippen molar-refractivity contribution in [2.75, 3.05) is 0 Å². The summed E-state index contributed by atoms with van der Waals surface area (Å²) in [6.45, 7) is 9.18. The van der Waals surface area contributed by atoms with Crippen LogP contribution in [-0.2, 0) is 0 Å². The van der Waals surface area contributed by atoms with Gasteiger partial charge in [0.15, 0.2) is 0 Å². The van der Waals surface area contributed by atoms with Crippen molar-refractivity contribution in [3.63, 3.8) is 0 Å². The fraction of sp³-hybridized carbons (Fsp3) is 0.150. The average Bonchev–Trinajstić information content (AvgIpc) is 3.39. The lowest BCUT2D eigenvalue weighted by Crippen LogP contribution is -1.97. The third-order valence-corrected chi connectivity index (χ3v) is 9.71. The average molecular weight is 608 g/mol. The second-order valence-electron chi connectivity index (χ2n) is 12.2. The minimum Gasteiger partial charge on any atom is -0.455 e. The predicted molar refractivity (Wildman–Crippen MR) is 184 cm³/mol. The number of furan rings is 1. The van der Waals surface area contributed by atoms with Gasteiger partial charge in [0, 0.05) is 26.4 Å². The van der Waals surface area contributed by atoms with E-state index in [2.05, 4.69) is 147 Å². The van der Waals surface area contributed by atoms with Gasteiger partial charge in [0.05, 0.1) is 0 Å². The summed E-state index contributed by atoms with van der Waals surface area (Å²) in [7, 11) is 0. The number of hydrogen-bond donors (Lipinski definition) is 0. The third kappa shape index (κ3) is 3.61. The van der Waals surface area contributed by atoms with Crippen LogP contribution in [0.1, 0.15) is 50.7 Å². The van der Waals surface area contributed by atoms with Crippen LogP contribution in [0.3, 0.4) is 0 Å². The molecule has 0 unspecified atom stereocenters. The maximum Gasteiger partial charge on any atom is 0.143 e. The quantitative estimate of drug-likeness (QED) is 0.181. The molecule has 0 atom stereocenters. The van der Waals surface area contributed by atoms with Crippen LogP contribution >= 0.6 is 15.9 Å². The number of hydrogen-bond acceptors (Lipinski definition) is 1. The summed E-state index contributed by atoms with van der Waals surface area (Å²) in [6, 6.07) is 37.7. The predicted octanol–water partition coefficient (Wildman–Crippen LogP) is 12.8. The molecule has 8 rings (SSSR count). The summed E-state index contributed by atoms with van der Waals surface area (Å²) in [6.07, 6.45) is 0. The minimum absolute atomic E-state index is 0.376. The molecule has 1 nitrogen and oxygen atoms in total. The van der Waals surface area contributed by atoms with Gasteiger partial charge in [-0.3, -0.25) is 0 Å². The van der Waals surface area contributed by atoms with Gasteiger partial charge in [0.1, 0.15) is 11.2 Å². The molecular weight excluding hydrogens is 576 g/mol. The lowest BCUT2D eigenvalue weighted by molar-refractivity contribution is 0.671. The molecule has 0 spiro atoms. The zero-order chi connectivity index (χ0) is 28.7. The standard InChI is InChI=1S/C40H31BrO/c1-22(2)33-20-35(28-17-16-27-34(23(3)4)21-36(41)32-19-18-26(33)37(28)38(27)32)31-15-9-14-30-29-13-8-12-25(39(29)42-40(30)31)24-10-6-5-7-11-24/h5-23H,1-4H3. The number of benzene rings is 7. The summed E-state index contributed by atoms with van der Waals surface area (Å²) in [5.41, 5.74) is 9.32. The first-order valence-corrected chi connectivity index (χ1v) is 15.7. The Morgan fingerprint density at radius 1 is 0.476 bits per heavy atom. The molecule has 42 heavy (non-hydrogen) atoms. The molecule has 0 aliphatic heterocycles. The molecular formula is C40H31BrO. The van der Waals surface area contributed by atoms with Gasteiger partial charge < -0.3 is 4.42 Å². The summed E-state index contributed by atoms with van der Waals surface area (Å²) >= 11 is 3.93. The van der Waals surface area contributed by atoms with Gasteiger partial charge in [-0.25, -0.2) is 0 Å². The Balaban J connectivity index is 1.51. The number of fused-ring (bicyclic) bond motifs is 3. The second kappa shape index (κ2) is 9.44. The summed E-state index contributed by atoms with van der Waals surface area (Å²) in [4.78, 5) is 0. The van der Waals surface area contributed by atoms with Crippen molar-refractivity contribution in [3.8, 4) is 22.3 Å². The fourth-order valence-corrected chi connectivity index (χ4v) is 7.64. The highest BCUT2D eigenvalue weighted by Crippen LogP contribution is 2.48. The van der Waals surface area contributed by atoms with Crippen molar-refractivity contribution < 1.29 is 4.42 Å². The highest BCUT2D eigenvalue weighted by atomic mass is 79.9. The lowest BCUT2D eigenvalue weighted by atomic mass is 9.83. The van der Waals surface area contributed by atoms with Crippen LogP contribution in [0.25, 0.3) is 76.5 Å². The molecule has 0 aliphatic carbocycles. The van der Waals surface area contributed by atoms with Crippen molar-refractivity contribution in [2.45, 2.75) is 39.5 Å². The van der Waals surface area contributed by atoms with E-state index in [-0.39, 0.29) is 0 Å². The van der Waals surface area contributed by atoms with Crippen molar-refractivity contribution in [2.24, 2.45) is 0 Å². The Morgan fingerprint density at radius 3 is 1.69 bits per heavy atom. The number of halogens is 1. The molecule has 1 aromatic heterocycles. The van der Waals surface area contributed by atoms with Gasteiger partial charge >= 0.3 is 0 Å². The first-order valence-electron chi connectivity index (χ1n) is 14.9. The molecule has 7 aromatic carbocycles. The van der Waals surface area contributed by atoms with Crippen LogP contribution in [0.4, 0.5) is 0 Å². The van der Waals surface area contributed by atoms with Gasteiger partial charge in [-0.05, 0) is 78.5 Å². The van der Waals surface area contributed by atoms with E-state index in [9.17, 15) is 0 Å². The molecule has 0 N–H and O–H groups in total. The Morgan fingerprint density at radius 2 is 1.02 bits per heavy atom. The Hall–Kier alpha value is -4.14. The van der Waals surface area contributed by atoms with Crippen molar-refractivity contribution in [3.05, 3.63) is 119 Å². The maximum absolute atomic E-state index is 6.88. The van der Waals surface area contributed by atoms with Gasteiger partial charge in [-0.1, -0.05) is 135 Å². The van der Waals surface area contributed by atoms with E-state index in [0.717, 1.165) is 37.5 Å². The molecule has 0 fully saturated rings. The molecule has 0 saturated carbocycles. The van der Waals surface area contributed by atoms with E-state index >= 15 is 0 Å². The van der Waals surface area contributed by atoms with E-state index in [4.69, 9.17) is 4.42 Å². The molecule has 0 amide bonds. The molecule has 0 aliphatic rings. The third-order valence-electron chi connectivity index (χ3n) is 9.06. The van der Waals surface area contributed by atoms with Crippen LogP contribution < -0.4 is 0 Å². The molecule has 204 valence electrons.